The number of aromatic nitrogens is 2. The number of aryl methyl sites for hydroxylation is 1. The molecular formula is C18H25N5O. The molecule has 2 heterocycles. The Bertz CT molecular complexity index is 686. The van der Waals surface area contributed by atoms with E-state index < -0.39 is 11.6 Å². The number of nitrogens with two attached hydrogens (primary N) is 1. The molecule has 1 fully saturated rings. The second kappa shape index (κ2) is 6.37. The van der Waals surface area contributed by atoms with Crippen molar-refractivity contribution >= 4 is 11.8 Å². The summed E-state index contributed by atoms with van der Waals surface area (Å²) in [5, 5.41) is 11.1. The number of β-amino-alcohol motifs (C(OH)–C–C–N with tert-alkyl or cyclic N) is 1. The summed E-state index contributed by atoms with van der Waals surface area (Å²) < 4.78 is 0. The van der Waals surface area contributed by atoms with Gasteiger partial charge in [-0.25, -0.2) is 4.98 Å². The minimum absolute atomic E-state index is 0.270. The van der Waals surface area contributed by atoms with Crippen LogP contribution < -0.4 is 10.6 Å². The van der Waals surface area contributed by atoms with Gasteiger partial charge >= 0.3 is 0 Å². The van der Waals surface area contributed by atoms with Gasteiger partial charge in [-0.15, -0.1) is 0 Å². The summed E-state index contributed by atoms with van der Waals surface area (Å²) in [6.07, 6.45) is 0.258. The van der Waals surface area contributed by atoms with Gasteiger partial charge in [0.05, 0.1) is 11.6 Å². The van der Waals surface area contributed by atoms with Gasteiger partial charge in [-0.3, -0.25) is 4.90 Å². The fourth-order valence-electron chi connectivity index (χ4n) is 3.71. The van der Waals surface area contributed by atoms with Crippen molar-refractivity contribution in [1.29, 1.82) is 0 Å². The van der Waals surface area contributed by atoms with E-state index in [2.05, 4.69) is 31.9 Å². The van der Waals surface area contributed by atoms with Gasteiger partial charge in [-0.05, 0) is 33.0 Å². The number of nitrogens with zero attached hydrogens (tertiary/aromatic N) is 4. The van der Waals surface area contributed by atoms with Crippen LogP contribution in [0.15, 0.2) is 36.4 Å². The Balaban J connectivity index is 1.91. The highest BCUT2D eigenvalue weighted by Gasteiger charge is 2.45. The van der Waals surface area contributed by atoms with Gasteiger partial charge < -0.3 is 15.7 Å². The molecule has 6 nitrogen and oxygen atoms in total. The van der Waals surface area contributed by atoms with Crippen molar-refractivity contribution in [2.45, 2.75) is 25.0 Å². The minimum Gasteiger partial charge on any atom is -0.389 e. The van der Waals surface area contributed by atoms with Crippen molar-refractivity contribution in [1.82, 2.24) is 14.9 Å². The van der Waals surface area contributed by atoms with E-state index in [9.17, 15) is 5.11 Å². The molecule has 0 bridgehead atoms. The van der Waals surface area contributed by atoms with E-state index in [1.165, 1.54) is 0 Å². The highest BCUT2D eigenvalue weighted by molar-refractivity contribution is 5.45. The molecule has 24 heavy (non-hydrogen) atoms. The molecule has 6 heteroatoms. The zero-order chi connectivity index (χ0) is 17.3. The molecule has 1 saturated heterocycles. The van der Waals surface area contributed by atoms with E-state index in [0.29, 0.717) is 6.54 Å². The van der Waals surface area contributed by atoms with Crippen molar-refractivity contribution in [3.63, 3.8) is 0 Å². The average Bonchev–Trinajstić information content (AvgIpc) is 2.54. The van der Waals surface area contributed by atoms with Crippen LogP contribution in [0.1, 0.15) is 17.7 Å². The smallest absolute Gasteiger partial charge is 0.222 e. The van der Waals surface area contributed by atoms with Crippen molar-refractivity contribution in [3.05, 3.63) is 47.7 Å². The second-order valence-electron chi connectivity index (χ2n) is 6.62. The maximum atomic E-state index is 11.1. The van der Waals surface area contributed by atoms with Crippen LogP contribution in [0, 0.1) is 6.92 Å². The lowest BCUT2D eigenvalue weighted by Crippen LogP contribution is -2.60. The Morgan fingerprint density at radius 3 is 2.54 bits per heavy atom. The third-order valence-electron chi connectivity index (χ3n) is 4.96. The van der Waals surface area contributed by atoms with E-state index in [0.717, 1.165) is 30.0 Å². The monoisotopic (exact) mass is 327 g/mol. The molecule has 2 aromatic rings. The van der Waals surface area contributed by atoms with E-state index in [1.54, 1.807) is 0 Å². The molecule has 2 atom stereocenters. The predicted molar refractivity (Wildman–Crippen MR) is 95.8 cm³/mol. The maximum absolute atomic E-state index is 11.1. The molecule has 0 saturated carbocycles. The third-order valence-corrected chi connectivity index (χ3v) is 4.96. The van der Waals surface area contributed by atoms with Gasteiger partial charge in [-0.2, -0.15) is 4.98 Å². The molecule has 0 radical (unpaired) electrons. The van der Waals surface area contributed by atoms with Crippen LogP contribution in [-0.2, 0) is 5.54 Å². The quantitative estimate of drug-likeness (QED) is 0.887. The molecule has 1 aliphatic heterocycles. The zero-order valence-corrected chi connectivity index (χ0v) is 14.5. The molecule has 0 aliphatic carbocycles. The number of hydrogen-bond donors (Lipinski definition) is 2. The fraction of sp³-hybridized carbons (Fsp3) is 0.444. The van der Waals surface area contributed by atoms with Gasteiger partial charge in [0.15, 0.2) is 0 Å². The molecule has 1 aromatic heterocycles. The number of likely N-dealkylation sites (N-methyl/N-ethyl adjacent to an activating group) is 1. The number of nitrogen functional groups attached to an aromatic ring is 1. The van der Waals surface area contributed by atoms with Gasteiger partial charge in [0.2, 0.25) is 5.95 Å². The number of hydrogen-bond acceptors (Lipinski definition) is 6. The summed E-state index contributed by atoms with van der Waals surface area (Å²) in [4.78, 5) is 12.7. The standard InChI is InChI=1S/C18H25N5O/c1-13-11-16(21-17(19)20-13)23-10-9-18(22(2)3,15(24)12-23)14-7-5-4-6-8-14/h4-8,11,15,24H,9-10,12H2,1-3H3,(H2,19,20,21)/t15-,18+/m1/s1. The Morgan fingerprint density at radius 1 is 1.25 bits per heavy atom. The van der Waals surface area contributed by atoms with E-state index >= 15 is 0 Å². The minimum atomic E-state index is -0.542. The van der Waals surface area contributed by atoms with Gasteiger partial charge in [0.25, 0.3) is 0 Å². The summed E-state index contributed by atoms with van der Waals surface area (Å²) >= 11 is 0. The van der Waals surface area contributed by atoms with E-state index in [1.807, 2.05) is 45.3 Å². The summed E-state index contributed by atoms with van der Waals surface area (Å²) in [6.45, 7) is 3.19. The lowest BCUT2D eigenvalue weighted by atomic mass is 9.77. The predicted octanol–water partition coefficient (Wildman–Crippen LogP) is 1.40. The van der Waals surface area contributed by atoms with Crippen LogP contribution >= 0.6 is 0 Å². The SMILES string of the molecule is Cc1cc(N2CC[C@@](c3ccccc3)(N(C)C)[C@H](O)C2)nc(N)n1. The highest BCUT2D eigenvalue weighted by atomic mass is 16.3. The number of aliphatic hydroxyl groups is 1. The number of rotatable bonds is 3. The molecule has 0 unspecified atom stereocenters. The molecule has 128 valence electrons. The van der Waals surface area contributed by atoms with Crippen LogP contribution in [0.3, 0.4) is 0 Å². The van der Waals surface area contributed by atoms with Crippen LogP contribution in [0.2, 0.25) is 0 Å². The number of benzene rings is 1. The first-order chi connectivity index (χ1) is 11.4. The summed E-state index contributed by atoms with van der Waals surface area (Å²) in [5.41, 5.74) is 7.35. The van der Waals surface area contributed by atoms with Crippen LogP contribution in [0.5, 0.6) is 0 Å². The van der Waals surface area contributed by atoms with Crippen molar-refractivity contribution in [2.24, 2.45) is 0 Å². The lowest BCUT2D eigenvalue weighted by molar-refractivity contribution is -0.0246. The number of aliphatic hydroxyl groups excluding tert-OH is 1. The first-order valence-electron chi connectivity index (χ1n) is 8.20. The van der Waals surface area contributed by atoms with E-state index in [4.69, 9.17) is 5.73 Å². The van der Waals surface area contributed by atoms with Gasteiger partial charge in [0, 0.05) is 24.8 Å². The third kappa shape index (κ3) is 2.83. The molecule has 3 N–H and O–H groups in total. The van der Waals surface area contributed by atoms with E-state index in [-0.39, 0.29) is 5.95 Å². The first kappa shape index (κ1) is 16.7. The van der Waals surface area contributed by atoms with Crippen LogP contribution in [0.25, 0.3) is 0 Å². The molecule has 0 amide bonds. The first-order valence-corrected chi connectivity index (χ1v) is 8.20. The summed E-state index contributed by atoms with van der Waals surface area (Å²) in [5.74, 6) is 1.05. The average molecular weight is 327 g/mol. The topological polar surface area (TPSA) is 78.5 Å². The molecule has 3 rings (SSSR count). The van der Waals surface area contributed by atoms with Crippen molar-refractivity contribution < 1.29 is 5.11 Å². The Labute approximate surface area is 142 Å². The Hall–Kier alpha value is -2.18. The zero-order valence-electron chi connectivity index (χ0n) is 14.5. The van der Waals surface area contributed by atoms with Crippen LogP contribution in [0.4, 0.5) is 11.8 Å². The Kier molecular flexibility index (Phi) is 4.43. The fourth-order valence-corrected chi connectivity index (χ4v) is 3.71. The van der Waals surface area contributed by atoms with Crippen LogP contribution in [-0.4, -0.2) is 53.3 Å². The molecular weight excluding hydrogens is 302 g/mol. The second-order valence-corrected chi connectivity index (χ2v) is 6.62. The maximum Gasteiger partial charge on any atom is 0.222 e. The lowest BCUT2D eigenvalue weighted by Gasteiger charge is -2.50. The largest absolute Gasteiger partial charge is 0.389 e. The van der Waals surface area contributed by atoms with Gasteiger partial charge in [0.1, 0.15) is 5.82 Å². The molecule has 1 aromatic carbocycles. The molecule has 1 aliphatic rings. The normalized spacial score (nSPS) is 24.4. The van der Waals surface area contributed by atoms with Crippen molar-refractivity contribution in [3.8, 4) is 0 Å². The summed E-state index contributed by atoms with van der Waals surface area (Å²) in [7, 11) is 4.05. The molecule has 0 spiro atoms. The van der Waals surface area contributed by atoms with Gasteiger partial charge in [-0.1, -0.05) is 30.3 Å². The highest BCUT2D eigenvalue weighted by Crippen LogP contribution is 2.38. The number of anilines is 2. The number of piperidine rings is 1. The summed E-state index contributed by atoms with van der Waals surface area (Å²) in [6, 6.07) is 12.1. The Morgan fingerprint density at radius 2 is 1.96 bits per heavy atom. The van der Waals surface area contributed by atoms with Crippen molar-refractivity contribution in [2.75, 3.05) is 37.8 Å².